The average molecular weight is 524 g/mol. The summed E-state index contributed by atoms with van der Waals surface area (Å²) in [6.45, 7) is 0. The van der Waals surface area contributed by atoms with Crippen LogP contribution in [0.2, 0.25) is 0 Å². The first-order valence-electron chi connectivity index (χ1n) is 10.2. The number of halogens is 2. The van der Waals surface area contributed by atoms with Gasteiger partial charge in [-0.15, -0.1) is 0 Å². The second-order valence-corrected chi connectivity index (χ2v) is 8.83. The first kappa shape index (κ1) is 21.6. The maximum Gasteiger partial charge on any atom is 0.174 e. The fourth-order valence-electron chi connectivity index (χ4n) is 4.03. The quantitative estimate of drug-likeness (QED) is 0.304. The molecule has 2 aromatic carbocycles. The van der Waals surface area contributed by atoms with Crippen molar-refractivity contribution in [2.24, 2.45) is 0 Å². The number of anilines is 1. The Hall–Kier alpha value is -3.23. The van der Waals surface area contributed by atoms with Gasteiger partial charge in [-0.25, -0.2) is 4.39 Å². The summed E-state index contributed by atoms with van der Waals surface area (Å²) < 4.78 is 26.9. The summed E-state index contributed by atoms with van der Waals surface area (Å²) in [6, 6.07) is 21.3. The molecule has 4 aromatic rings. The molecule has 5 rings (SSSR count). The molecule has 3 heterocycles. The van der Waals surface area contributed by atoms with Crippen molar-refractivity contribution < 1.29 is 13.5 Å². The van der Waals surface area contributed by atoms with E-state index >= 15 is 0 Å². The summed E-state index contributed by atoms with van der Waals surface area (Å²) >= 11 is 9.03. The van der Waals surface area contributed by atoms with Gasteiger partial charge in [-0.1, -0.05) is 28.1 Å². The van der Waals surface area contributed by atoms with Crippen molar-refractivity contribution in [3.05, 3.63) is 101 Å². The van der Waals surface area contributed by atoms with Crippen LogP contribution in [-0.2, 0) is 0 Å². The van der Waals surface area contributed by atoms with Crippen LogP contribution in [0.5, 0.6) is 5.75 Å². The predicted molar refractivity (Wildman–Crippen MR) is 133 cm³/mol. The number of ether oxygens (including phenoxy) is 1. The zero-order chi connectivity index (χ0) is 22.9. The van der Waals surface area contributed by atoms with Gasteiger partial charge in [-0.2, -0.15) is 0 Å². The van der Waals surface area contributed by atoms with Gasteiger partial charge in [0, 0.05) is 22.4 Å². The largest absolute Gasteiger partial charge is 0.497 e. The molecule has 166 valence electrons. The van der Waals surface area contributed by atoms with Crippen LogP contribution in [0.15, 0.2) is 87.9 Å². The van der Waals surface area contributed by atoms with E-state index in [-0.39, 0.29) is 17.9 Å². The van der Waals surface area contributed by atoms with E-state index < -0.39 is 0 Å². The summed E-state index contributed by atoms with van der Waals surface area (Å²) in [6.07, 6.45) is 1.75. The molecule has 0 amide bonds. The van der Waals surface area contributed by atoms with Gasteiger partial charge in [-0.3, -0.25) is 4.98 Å². The van der Waals surface area contributed by atoms with Gasteiger partial charge in [-0.05, 0) is 66.8 Å². The van der Waals surface area contributed by atoms with Crippen molar-refractivity contribution in [3.8, 4) is 17.1 Å². The third-order valence-electron chi connectivity index (χ3n) is 5.54. The number of furan rings is 1. The highest BCUT2D eigenvalue weighted by Crippen LogP contribution is 2.43. The third-order valence-corrected chi connectivity index (χ3v) is 6.35. The summed E-state index contributed by atoms with van der Waals surface area (Å²) in [7, 11) is 1.62. The molecule has 0 radical (unpaired) electrons. The molecule has 2 aromatic heterocycles. The molecule has 1 aliphatic rings. The van der Waals surface area contributed by atoms with Gasteiger partial charge in [0.15, 0.2) is 5.11 Å². The number of thiocarbonyl (C=S) groups is 1. The highest BCUT2D eigenvalue weighted by atomic mass is 79.9. The molecule has 1 saturated heterocycles. The maximum absolute atomic E-state index is 14.6. The number of nitrogens with zero attached hydrogens (tertiary/aromatic N) is 2. The fourth-order valence-corrected chi connectivity index (χ4v) is 4.71. The lowest BCUT2D eigenvalue weighted by atomic mass is 10.0. The molecular formula is C25H19BrFN3O2S. The van der Waals surface area contributed by atoms with Crippen LogP contribution in [0.1, 0.15) is 23.5 Å². The van der Waals surface area contributed by atoms with E-state index in [4.69, 9.17) is 21.4 Å². The second-order valence-electron chi connectivity index (χ2n) is 7.52. The number of pyridine rings is 1. The smallest absolute Gasteiger partial charge is 0.174 e. The Morgan fingerprint density at radius 2 is 1.97 bits per heavy atom. The number of hydrogen-bond donors (Lipinski definition) is 1. The highest BCUT2D eigenvalue weighted by Gasteiger charge is 2.42. The van der Waals surface area contributed by atoms with E-state index in [2.05, 4.69) is 26.2 Å². The van der Waals surface area contributed by atoms with Crippen molar-refractivity contribution >= 4 is 38.9 Å². The molecule has 1 N–H and O–H groups in total. The lowest BCUT2D eigenvalue weighted by Gasteiger charge is -2.26. The normalized spacial score (nSPS) is 17.8. The minimum Gasteiger partial charge on any atom is -0.497 e. The van der Waals surface area contributed by atoms with E-state index in [1.54, 1.807) is 31.5 Å². The number of methoxy groups -OCH3 is 1. The van der Waals surface area contributed by atoms with Gasteiger partial charge < -0.3 is 19.4 Å². The van der Waals surface area contributed by atoms with Gasteiger partial charge in [0.05, 0.1) is 24.4 Å². The minimum absolute atomic E-state index is 0.265. The number of aromatic nitrogens is 1. The van der Waals surface area contributed by atoms with Gasteiger partial charge in [0.2, 0.25) is 0 Å². The Morgan fingerprint density at radius 1 is 1.09 bits per heavy atom. The van der Waals surface area contributed by atoms with Gasteiger partial charge >= 0.3 is 0 Å². The first-order valence-corrected chi connectivity index (χ1v) is 11.4. The molecule has 8 heteroatoms. The lowest BCUT2D eigenvalue weighted by Crippen LogP contribution is -2.29. The predicted octanol–water partition coefficient (Wildman–Crippen LogP) is 6.43. The van der Waals surface area contributed by atoms with Crippen molar-refractivity contribution in [1.82, 2.24) is 10.3 Å². The fraction of sp³-hybridized carbons (Fsp3) is 0.120. The van der Waals surface area contributed by atoms with Crippen LogP contribution in [0.4, 0.5) is 10.1 Å². The molecule has 33 heavy (non-hydrogen) atoms. The van der Waals surface area contributed by atoms with Gasteiger partial charge in [0.25, 0.3) is 0 Å². The summed E-state index contributed by atoms with van der Waals surface area (Å²) in [5.74, 6) is 1.43. The van der Waals surface area contributed by atoms with E-state index in [1.807, 2.05) is 53.4 Å². The molecule has 0 bridgehead atoms. The molecule has 2 atom stereocenters. The second kappa shape index (κ2) is 8.96. The number of nitrogens with one attached hydrogen (secondary N) is 1. The van der Waals surface area contributed by atoms with E-state index in [1.165, 1.54) is 6.07 Å². The Labute approximate surface area is 204 Å². The zero-order valence-corrected chi connectivity index (χ0v) is 19.9. The Balaban J connectivity index is 1.61. The first-order chi connectivity index (χ1) is 16.0. The van der Waals surface area contributed by atoms with Crippen LogP contribution in [0.3, 0.4) is 0 Å². The molecule has 0 saturated carbocycles. The Kier molecular flexibility index (Phi) is 5.86. The maximum atomic E-state index is 14.6. The SMILES string of the molecule is COc1cccc(N2C(=S)NC(c3ccccn3)C2c2ccc(-c3ccc(Br)cc3F)o2)c1. The van der Waals surface area contributed by atoms with Crippen LogP contribution in [0, 0.1) is 5.82 Å². The summed E-state index contributed by atoms with van der Waals surface area (Å²) in [4.78, 5) is 6.53. The lowest BCUT2D eigenvalue weighted by molar-refractivity contribution is 0.414. The summed E-state index contributed by atoms with van der Waals surface area (Å²) in [5.41, 5.74) is 2.06. The highest BCUT2D eigenvalue weighted by molar-refractivity contribution is 9.10. The molecular weight excluding hydrogens is 505 g/mol. The molecule has 1 aliphatic heterocycles. The van der Waals surface area contributed by atoms with Gasteiger partial charge in [0.1, 0.15) is 29.1 Å². The third kappa shape index (κ3) is 4.12. The Morgan fingerprint density at radius 3 is 2.73 bits per heavy atom. The van der Waals surface area contributed by atoms with E-state index in [9.17, 15) is 4.39 Å². The van der Waals surface area contributed by atoms with Crippen molar-refractivity contribution in [2.45, 2.75) is 12.1 Å². The van der Waals surface area contributed by atoms with Crippen molar-refractivity contribution in [3.63, 3.8) is 0 Å². The van der Waals surface area contributed by atoms with Crippen LogP contribution >= 0.6 is 28.1 Å². The molecule has 1 fully saturated rings. The number of hydrogen-bond acceptors (Lipinski definition) is 4. The van der Waals surface area contributed by atoms with Crippen LogP contribution in [0.25, 0.3) is 11.3 Å². The molecule has 0 spiro atoms. The number of rotatable bonds is 5. The standard InChI is InChI=1S/C25H19BrFN3O2S/c1-31-17-6-4-5-16(14-17)30-24(23(29-25(30)33)20-7-2-3-12-28-20)22-11-10-21(32-22)18-9-8-15(26)13-19(18)27/h2-14,23-24H,1H3,(H,29,33). The molecule has 5 nitrogen and oxygen atoms in total. The van der Waals surface area contributed by atoms with Crippen LogP contribution < -0.4 is 15.0 Å². The average Bonchev–Trinajstić information content (AvgIpc) is 3.44. The zero-order valence-electron chi connectivity index (χ0n) is 17.5. The number of benzene rings is 2. The van der Waals surface area contributed by atoms with Crippen LogP contribution in [-0.4, -0.2) is 17.2 Å². The monoisotopic (exact) mass is 523 g/mol. The molecule has 2 unspecified atom stereocenters. The molecule has 0 aliphatic carbocycles. The van der Waals surface area contributed by atoms with Crippen molar-refractivity contribution in [2.75, 3.05) is 12.0 Å². The minimum atomic E-state index is -0.365. The topological polar surface area (TPSA) is 50.5 Å². The Bertz CT molecular complexity index is 1310. The summed E-state index contributed by atoms with van der Waals surface area (Å²) in [5, 5.41) is 3.93. The van der Waals surface area contributed by atoms with E-state index in [0.717, 1.165) is 11.4 Å². The van der Waals surface area contributed by atoms with Crippen molar-refractivity contribution in [1.29, 1.82) is 0 Å². The van der Waals surface area contributed by atoms with E-state index in [0.29, 0.717) is 32.4 Å².